The quantitative estimate of drug-likeness (QED) is 0.429. The predicted molar refractivity (Wildman–Crippen MR) is 134 cm³/mol. The van der Waals surface area contributed by atoms with Crippen LogP contribution in [0.15, 0.2) is 54.7 Å². The van der Waals surface area contributed by atoms with Crippen LogP contribution < -0.4 is 15.8 Å². The van der Waals surface area contributed by atoms with Crippen LogP contribution in [0, 0.1) is 29.6 Å². The number of hydrogen-bond donors (Lipinski definition) is 2. The largest absolute Gasteiger partial charge is 0.438 e. The number of fused-ring (bicyclic) bond motifs is 1. The summed E-state index contributed by atoms with van der Waals surface area (Å²) in [6.45, 7) is 1.95. The number of ether oxygens (including phenoxy) is 1. The van der Waals surface area contributed by atoms with Crippen LogP contribution in [0.5, 0.6) is 11.6 Å². The van der Waals surface area contributed by atoms with Gasteiger partial charge in [-0.15, -0.1) is 0 Å². The van der Waals surface area contributed by atoms with Gasteiger partial charge in [-0.25, -0.2) is 4.98 Å². The fraction of sp³-hybridized carbons (Fsp3) is 0.448. The predicted octanol–water partition coefficient (Wildman–Crippen LogP) is 5.68. The monoisotopic (exact) mass is 455 g/mol. The first-order chi connectivity index (χ1) is 16.6. The molecule has 3 N–H and O–H groups in total. The van der Waals surface area contributed by atoms with E-state index in [1.165, 1.54) is 55.7 Å². The molecule has 0 radical (unpaired) electrons. The van der Waals surface area contributed by atoms with Gasteiger partial charge >= 0.3 is 0 Å². The van der Waals surface area contributed by atoms with Crippen LogP contribution in [-0.2, 0) is 6.54 Å². The molecule has 1 amide bonds. The van der Waals surface area contributed by atoms with Crippen molar-refractivity contribution in [2.75, 3.05) is 6.54 Å². The maximum atomic E-state index is 11.3. The molecule has 4 bridgehead atoms. The number of nitrogens with two attached hydrogens (primary N) is 1. The lowest BCUT2D eigenvalue weighted by atomic mass is 9.51. The topological polar surface area (TPSA) is 77.2 Å². The zero-order valence-electron chi connectivity index (χ0n) is 19.6. The fourth-order valence-corrected chi connectivity index (χ4v) is 7.28. The number of primary amides is 1. The van der Waals surface area contributed by atoms with Crippen molar-refractivity contribution >= 4 is 16.7 Å². The zero-order chi connectivity index (χ0) is 23.1. The summed E-state index contributed by atoms with van der Waals surface area (Å²) in [7, 11) is 0. The van der Waals surface area contributed by atoms with E-state index in [0.717, 1.165) is 53.8 Å². The second-order valence-corrected chi connectivity index (χ2v) is 10.7. The summed E-state index contributed by atoms with van der Waals surface area (Å²) in [6.07, 6.45) is 10.3. The molecule has 5 nitrogen and oxygen atoms in total. The minimum absolute atomic E-state index is 0.368. The molecule has 4 fully saturated rings. The van der Waals surface area contributed by atoms with E-state index in [1.54, 1.807) is 12.1 Å². The van der Waals surface area contributed by atoms with Gasteiger partial charge < -0.3 is 15.8 Å². The molecule has 1 heterocycles. The molecule has 176 valence electrons. The van der Waals surface area contributed by atoms with Crippen molar-refractivity contribution in [1.29, 1.82) is 0 Å². The smallest absolute Gasteiger partial charge is 0.250 e. The van der Waals surface area contributed by atoms with E-state index in [1.807, 2.05) is 12.1 Å². The van der Waals surface area contributed by atoms with Gasteiger partial charge in [-0.05, 0) is 97.7 Å². The summed E-state index contributed by atoms with van der Waals surface area (Å²) in [4.78, 5) is 15.5. The van der Waals surface area contributed by atoms with Crippen LogP contribution in [0.3, 0.4) is 0 Å². The molecule has 0 unspecified atom stereocenters. The van der Waals surface area contributed by atoms with E-state index in [9.17, 15) is 4.79 Å². The molecule has 3 aromatic rings. The van der Waals surface area contributed by atoms with E-state index in [4.69, 9.17) is 10.5 Å². The molecule has 0 atom stereocenters. The Kier molecular flexibility index (Phi) is 5.74. The lowest BCUT2D eigenvalue weighted by Gasteiger charge is -2.54. The Hall–Kier alpha value is -2.92. The highest BCUT2D eigenvalue weighted by atomic mass is 16.5. The zero-order valence-corrected chi connectivity index (χ0v) is 19.6. The second kappa shape index (κ2) is 9.03. The Bertz CT molecular complexity index is 1160. The fourth-order valence-electron chi connectivity index (χ4n) is 7.28. The van der Waals surface area contributed by atoms with Crippen molar-refractivity contribution in [1.82, 2.24) is 10.3 Å². The molecular formula is C29H33N3O2. The Morgan fingerprint density at radius 1 is 0.941 bits per heavy atom. The Balaban J connectivity index is 1.11. The van der Waals surface area contributed by atoms with Gasteiger partial charge in [-0.3, -0.25) is 4.79 Å². The minimum atomic E-state index is -0.496. The second-order valence-electron chi connectivity index (χ2n) is 10.7. The number of nitrogens with zero attached hydrogens (tertiary/aromatic N) is 1. The van der Waals surface area contributed by atoms with Crippen molar-refractivity contribution in [2.45, 2.75) is 45.1 Å². The van der Waals surface area contributed by atoms with Crippen LogP contribution in [0.4, 0.5) is 0 Å². The van der Waals surface area contributed by atoms with Gasteiger partial charge in [0.25, 0.3) is 0 Å². The van der Waals surface area contributed by atoms with Gasteiger partial charge in [0.2, 0.25) is 11.8 Å². The summed E-state index contributed by atoms with van der Waals surface area (Å²) in [5, 5.41) is 5.99. The highest BCUT2D eigenvalue weighted by Crippen LogP contribution is 2.57. The van der Waals surface area contributed by atoms with Crippen LogP contribution in [-0.4, -0.2) is 17.4 Å². The highest BCUT2D eigenvalue weighted by molar-refractivity contribution is 5.92. The molecule has 7 rings (SSSR count). The first kappa shape index (κ1) is 21.6. The average molecular weight is 456 g/mol. The molecule has 2 aromatic carbocycles. The Morgan fingerprint density at radius 2 is 1.68 bits per heavy atom. The molecular weight excluding hydrogens is 422 g/mol. The van der Waals surface area contributed by atoms with Gasteiger partial charge in [0.1, 0.15) is 5.75 Å². The molecule has 34 heavy (non-hydrogen) atoms. The molecule has 0 aliphatic heterocycles. The normalized spacial score (nSPS) is 27.2. The average Bonchev–Trinajstić information content (AvgIpc) is 2.84. The van der Waals surface area contributed by atoms with Gasteiger partial charge in [0.15, 0.2) is 0 Å². The summed E-state index contributed by atoms with van der Waals surface area (Å²) in [6, 6.07) is 15.8. The van der Waals surface area contributed by atoms with Gasteiger partial charge in [-0.1, -0.05) is 30.3 Å². The third kappa shape index (κ3) is 4.18. The standard InChI is InChI=1S/C29H33N3O2/c30-29(33)21-6-8-28(32-17-21)34-27-7-5-20(25-3-1-2-4-26(25)27)16-31-10-9-24-22-12-18-11-19(14-22)15-23(24)13-18/h1-8,17-19,22-24,31H,9-16H2,(H2,30,33). The third-order valence-corrected chi connectivity index (χ3v) is 8.60. The summed E-state index contributed by atoms with van der Waals surface area (Å²) in [5.41, 5.74) is 6.95. The molecule has 5 heteroatoms. The summed E-state index contributed by atoms with van der Waals surface area (Å²) < 4.78 is 6.06. The number of nitrogens with one attached hydrogen (secondary N) is 1. The van der Waals surface area contributed by atoms with Crippen molar-refractivity contribution < 1.29 is 9.53 Å². The number of aromatic nitrogens is 1. The van der Waals surface area contributed by atoms with Crippen molar-refractivity contribution in [3.05, 3.63) is 65.9 Å². The molecule has 1 aromatic heterocycles. The van der Waals surface area contributed by atoms with Gasteiger partial charge in [0, 0.05) is 24.2 Å². The maximum absolute atomic E-state index is 11.3. The summed E-state index contributed by atoms with van der Waals surface area (Å²) >= 11 is 0. The van der Waals surface area contributed by atoms with Crippen molar-refractivity contribution in [2.24, 2.45) is 35.3 Å². The number of rotatable bonds is 8. The highest BCUT2D eigenvalue weighted by Gasteiger charge is 2.47. The minimum Gasteiger partial charge on any atom is -0.438 e. The number of carbonyl (C=O) groups excluding carboxylic acids is 1. The number of carbonyl (C=O) groups is 1. The van der Waals surface area contributed by atoms with Crippen LogP contribution in [0.25, 0.3) is 10.8 Å². The Morgan fingerprint density at radius 3 is 2.35 bits per heavy atom. The molecule has 4 saturated carbocycles. The molecule has 4 aliphatic carbocycles. The van der Waals surface area contributed by atoms with Crippen LogP contribution >= 0.6 is 0 Å². The first-order valence-electron chi connectivity index (χ1n) is 12.8. The molecule has 4 aliphatic rings. The lowest BCUT2D eigenvalue weighted by molar-refractivity contribution is -0.0393. The number of amides is 1. The van der Waals surface area contributed by atoms with E-state index >= 15 is 0 Å². The third-order valence-electron chi connectivity index (χ3n) is 8.60. The maximum Gasteiger partial charge on any atom is 0.250 e. The summed E-state index contributed by atoms with van der Waals surface area (Å²) in [5.74, 6) is 5.75. The van der Waals surface area contributed by atoms with Gasteiger partial charge in [0.05, 0.1) is 5.56 Å². The van der Waals surface area contributed by atoms with Crippen molar-refractivity contribution in [3.8, 4) is 11.6 Å². The van der Waals surface area contributed by atoms with Crippen LogP contribution in [0.1, 0.15) is 54.4 Å². The van der Waals surface area contributed by atoms with E-state index in [-0.39, 0.29) is 0 Å². The van der Waals surface area contributed by atoms with Crippen molar-refractivity contribution in [3.63, 3.8) is 0 Å². The number of pyridine rings is 1. The SMILES string of the molecule is NC(=O)c1ccc(Oc2ccc(CNCCC3C4CC5CC(C4)CC3C5)c3ccccc23)nc1. The van der Waals surface area contributed by atoms with E-state index in [0.29, 0.717) is 11.4 Å². The molecule has 0 saturated heterocycles. The lowest BCUT2D eigenvalue weighted by Crippen LogP contribution is -2.45. The number of hydrogen-bond acceptors (Lipinski definition) is 4. The van der Waals surface area contributed by atoms with E-state index in [2.05, 4.69) is 34.6 Å². The molecule has 0 spiro atoms. The number of benzene rings is 2. The van der Waals surface area contributed by atoms with Crippen LogP contribution in [0.2, 0.25) is 0 Å². The first-order valence-corrected chi connectivity index (χ1v) is 12.8. The Labute approximate surface area is 201 Å². The van der Waals surface area contributed by atoms with Gasteiger partial charge in [-0.2, -0.15) is 0 Å². The van der Waals surface area contributed by atoms with E-state index < -0.39 is 5.91 Å².